The fourth-order valence-electron chi connectivity index (χ4n) is 2.21. The number of nitrogens with zero attached hydrogens (tertiary/aromatic N) is 1. The quantitative estimate of drug-likeness (QED) is 0.797. The molecule has 2 nitrogen and oxygen atoms in total. The van der Waals surface area contributed by atoms with Gasteiger partial charge in [-0.3, -0.25) is 0 Å². The van der Waals surface area contributed by atoms with Crippen LogP contribution in [-0.4, -0.2) is 32.1 Å². The number of benzene rings is 1. The lowest BCUT2D eigenvalue weighted by molar-refractivity contribution is 0.256. The van der Waals surface area contributed by atoms with Crippen molar-refractivity contribution < 1.29 is 0 Å². The Morgan fingerprint density at radius 2 is 1.78 bits per heavy atom. The summed E-state index contributed by atoms with van der Waals surface area (Å²) in [5.74, 6) is 0.769. The molecule has 2 atom stereocenters. The molecule has 2 unspecified atom stereocenters. The molecule has 1 N–H and O–H groups in total. The molecule has 0 amide bonds. The van der Waals surface area contributed by atoms with Crippen LogP contribution >= 0.6 is 0 Å². The van der Waals surface area contributed by atoms with Gasteiger partial charge in [-0.2, -0.15) is 0 Å². The first-order valence-corrected chi connectivity index (χ1v) is 6.99. The number of nitrogens with one attached hydrogen (secondary N) is 1. The third-order valence-corrected chi connectivity index (χ3v) is 3.64. The van der Waals surface area contributed by atoms with Gasteiger partial charge in [0, 0.05) is 19.1 Å². The highest BCUT2D eigenvalue weighted by Gasteiger charge is 2.13. The van der Waals surface area contributed by atoms with Crippen LogP contribution in [0.5, 0.6) is 0 Å². The van der Waals surface area contributed by atoms with Crippen molar-refractivity contribution in [1.82, 2.24) is 10.2 Å². The zero-order valence-corrected chi connectivity index (χ0v) is 12.5. The molecule has 1 rings (SSSR count). The molecule has 2 heteroatoms. The summed E-state index contributed by atoms with van der Waals surface area (Å²) in [7, 11) is 4.26. The summed E-state index contributed by atoms with van der Waals surface area (Å²) in [5.41, 5.74) is 2.70. The largest absolute Gasteiger partial charge is 0.312 e. The van der Waals surface area contributed by atoms with Gasteiger partial charge >= 0.3 is 0 Å². The van der Waals surface area contributed by atoms with Gasteiger partial charge in [-0.1, -0.05) is 50.1 Å². The first-order valence-electron chi connectivity index (χ1n) is 6.99. The average molecular weight is 248 g/mol. The first-order chi connectivity index (χ1) is 8.56. The number of hydrogen-bond acceptors (Lipinski definition) is 2. The van der Waals surface area contributed by atoms with E-state index in [2.05, 4.69) is 62.3 Å². The molecule has 0 heterocycles. The molecule has 0 aliphatic rings. The van der Waals surface area contributed by atoms with Crippen molar-refractivity contribution >= 4 is 0 Å². The van der Waals surface area contributed by atoms with Crippen molar-refractivity contribution in [3.05, 3.63) is 35.4 Å². The second-order valence-electron chi connectivity index (χ2n) is 5.49. The van der Waals surface area contributed by atoms with E-state index < -0.39 is 0 Å². The van der Waals surface area contributed by atoms with E-state index in [-0.39, 0.29) is 0 Å². The van der Waals surface area contributed by atoms with E-state index in [0.717, 1.165) is 12.5 Å². The molecule has 0 aliphatic heterocycles. The summed E-state index contributed by atoms with van der Waals surface area (Å²) in [5, 5.41) is 3.42. The summed E-state index contributed by atoms with van der Waals surface area (Å²) < 4.78 is 0. The predicted molar refractivity (Wildman–Crippen MR) is 79.9 cm³/mol. The molecule has 0 saturated carbocycles. The van der Waals surface area contributed by atoms with Crippen LogP contribution in [0.25, 0.3) is 0 Å². The molecule has 0 aromatic heterocycles. The van der Waals surface area contributed by atoms with Gasteiger partial charge in [0.1, 0.15) is 0 Å². The van der Waals surface area contributed by atoms with Crippen molar-refractivity contribution in [3.63, 3.8) is 0 Å². The van der Waals surface area contributed by atoms with Crippen LogP contribution in [0, 0.1) is 12.8 Å². The molecule has 18 heavy (non-hydrogen) atoms. The van der Waals surface area contributed by atoms with Crippen LogP contribution < -0.4 is 5.32 Å². The van der Waals surface area contributed by atoms with Gasteiger partial charge in [0.2, 0.25) is 0 Å². The Hall–Kier alpha value is -0.860. The smallest absolute Gasteiger partial charge is 0.0446 e. The van der Waals surface area contributed by atoms with Crippen LogP contribution in [0.2, 0.25) is 0 Å². The molecular formula is C16H28N2. The molecule has 1 aromatic rings. The second-order valence-corrected chi connectivity index (χ2v) is 5.49. The van der Waals surface area contributed by atoms with Gasteiger partial charge < -0.3 is 10.2 Å². The van der Waals surface area contributed by atoms with Gasteiger partial charge in [-0.05, 0) is 32.5 Å². The minimum atomic E-state index is 0.416. The molecule has 1 aromatic carbocycles. The van der Waals surface area contributed by atoms with Gasteiger partial charge in [-0.15, -0.1) is 0 Å². The summed E-state index contributed by atoms with van der Waals surface area (Å²) in [6.07, 6.45) is 1.25. The number of hydrogen-bond donors (Lipinski definition) is 1. The SMILES string of the molecule is CCC(C)CN(C)CC(NC)c1ccc(C)cc1. The van der Waals surface area contributed by atoms with Crippen LogP contribution in [0.15, 0.2) is 24.3 Å². The summed E-state index contributed by atoms with van der Waals surface area (Å²) in [6.45, 7) is 8.93. The van der Waals surface area contributed by atoms with E-state index in [1.54, 1.807) is 0 Å². The normalized spacial score (nSPS) is 14.8. The maximum atomic E-state index is 3.42. The molecule has 0 spiro atoms. The Kier molecular flexibility index (Phi) is 6.37. The van der Waals surface area contributed by atoms with E-state index in [0.29, 0.717) is 6.04 Å². The molecule has 0 aliphatic carbocycles. The Morgan fingerprint density at radius 3 is 2.28 bits per heavy atom. The summed E-state index contributed by atoms with van der Waals surface area (Å²) in [6, 6.07) is 9.25. The number of rotatable bonds is 7. The maximum Gasteiger partial charge on any atom is 0.0446 e. The zero-order chi connectivity index (χ0) is 13.5. The van der Waals surface area contributed by atoms with Crippen LogP contribution in [0.4, 0.5) is 0 Å². The van der Waals surface area contributed by atoms with E-state index in [4.69, 9.17) is 0 Å². The van der Waals surface area contributed by atoms with Gasteiger partial charge in [0.15, 0.2) is 0 Å². The Bertz CT molecular complexity index is 331. The first kappa shape index (κ1) is 15.2. The highest BCUT2D eigenvalue weighted by atomic mass is 15.1. The van der Waals surface area contributed by atoms with Crippen molar-refractivity contribution in [2.45, 2.75) is 33.2 Å². The van der Waals surface area contributed by atoms with Crippen molar-refractivity contribution in [2.75, 3.05) is 27.2 Å². The Labute approximate surface area is 112 Å². The van der Waals surface area contributed by atoms with Gasteiger partial charge in [0.05, 0.1) is 0 Å². The third kappa shape index (κ3) is 4.79. The monoisotopic (exact) mass is 248 g/mol. The Balaban J connectivity index is 2.58. The summed E-state index contributed by atoms with van der Waals surface area (Å²) >= 11 is 0. The highest BCUT2D eigenvalue weighted by Crippen LogP contribution is 2.15. The average Bonchev–Trinajstić information content (AvgIpc) is 2.37. The van der Waals surface area contributed by atoms with E-state index >= 15 is 0 Å². The van der Waals surface area contributed by atoms with Gasteiger partial charge in [-0.25, -0.2) is 0 Å². The lowest BCUT2D eigenvalue weighted by atomic mass is 10.0. The maximum absolute atomic E-state index is 3.42. The van der Waals surface area contributed by atoms with E-state index in [1.165, 1.54) is 24.1 Å². The third-order valence-electron chi connectivity index (χ3n) is 3.64. The number of aryl methyl sites for hydroxylation is 1. The summed E-state index contributed by atoms with van der Waals surface area (Å²) in [4.78, 5) is 2.43. The van der Waals surface area contributed by atoms with Crippen molar-refractivity contribution in [3.8, 4) is 0 Å². The fraction of sp³-hybridized carbons (Fsp3) is 0.625. The van der Waals surface area contributed by atoms with E-state index in [9.17, 15) is 0 Å². The highest BCUT2D eigenvalue weighted by molar-refractivity contribution is 5.24. The lowest BCUT2D eigenvalue weighted by Gasteiger charge is -2.26. The van der Waals surface area contributed by atoms with Crippen LogP contribution in [0.3, 0.4) is 0 Å². The fourth-order valence-corrected chi connectivity index (χ4v) is 2.21. The van der Waals surface area contributed by atoms with Crippen molar-refractivity contribution in [1.29, 1.82) is 0 Å². The molecule has 0 bridgehead atoms. The van der Waals surface area contributed by atoms with Crippen LogP contribution in [-0.2, 0) is 0 Å². The molecule has 102 valence electrons. The van der Waals surface area contributed by atoms with Crippen LogP contribution in [0.1, 0.15) is 37.4 Å². The molecule has 0 fully saturated rings. The van der Waals surface area contributed by atoms with Gasteiger partial charge in [0.25, 0.3) is 0 Å². The minimum Gasteiger partial charge on any atom is -0.312 e. The second kappa shape index (κ2) is 7.55. The number of likely N-dealkylation sites (N-methyl/N-ethyl adjacent to an activating group) is 2. The molecule has 0 radical (unpaired) electrons. The standard InChI is InChI=1S/C16H28N2/c1-6-13(2)11-18(5)12-16(17-4)15-9-7-14(3)8-10-15/h7-10,13,16-17H,6,11-12H2,1-5H3. The van der Waals surface area contributed by atoms with Crippen molar-refractivity contribution in [2.24, 2.45) is 5.92 Å². The minimum absolute atomic E-state index is 0.416. The zero-order valence-electron chi connectivity index (χ0n) is 12.5. The Morgan fingerprint density at radius 1 is 1.17 bits per heavy atom. The predicted octanol–water partition coefficient (Wildman–Crippen LogP) is 3.23. The van der Waals surface area contributed by atoms with E-state index in [1.807, 2.05) is 7.05 Å². The molecule has 0 saturated heterocycles. The topological polar surface area (TPSA) is 15.3 Å². The molecular weight excluding hydrogens is 220 g/mol. The lowest BCUT2D eigenvalue weighted by Crippen LogP contribution is -2.33.